The quantitative estimate of drug-likeness (QED) is 0.885. The highest BCUT2D eigenvalue weighted by Crippen LogP contribution is 2.17. The van der Waals surface area contributed by atoms with Gasteiger partial charge in [0, 0.05) is 35.1 Å². The van der Waals surface area contributed by atoms with Crippen LogP contribution in [0.5, 0.6) is 0 Å². The average molecular weight is 234 g/mol. The molecule has 0 radical (unpaired) electrons. The van der Waals surface area contributed by atoms with Gasteiger partial charge in [0.2, 0.25) is 0 Å². The third-order valence-electron chi connectivity index (χ3n) is 2.19. The maximum atomic E-state index is 5.82. The Morgan fingerprint density at radius 3 is 2.31 bits per heavy atom. The second kappa shape index (κ2) is 5.05. The molecule has 0 aliphatic rings. The van der Waals surface area contributed by atoms with Crippen LogP contribution in [-0.2, 0) is 6.54 Å². The van der Waals surface area contributed by atoms with Gasteiger partial charge in [-0.05, 0) is 31.3 Å². The monoisotopic (exact) mass is 233 g/mol. The van der Waals surface area contributed by atoms with E-state index in [1.165, 1.54) is 0 Å². The largest absolute Gasteiger partial charge is 0.316 e. The highest BCUT2D eigenvalue weighted by Gasteiger charge is 2.00. The molecule has 0 saturated heterocycles. The van der Waals surface area contributed by atoms with Crippen molar-refractivity contribution in [3.8, 4) is 11.4 Å². The zero-order valence-corrected chi connectivity index (χ0v) is 9.70. The van der Waals surface area contributed by atoms with E-state index in [9.17, 15) is 0 Å². The minimum atomic E-state index is 0.718. The summed E-state index contributed by atoms with van der Waals surface area (Å²) in [6.45, 7) is 0.779. The second-order valence-electron chi connectivity index (χ2n) is 3.45. The van der Waals surface area contributed by atoms with Crippen LogP contribution < -0.4 is 5.32 Å². The molecule has 0 atom stereocenters. The summed E-state index contributed by atoms with van der Waals surface area (Å²) in [4.78, 5) is 8.61. The zero-order valence-electron chi connectivity index (χ0n) is 8.94. The number of nitrogens with zero attached hydrogens (tertiary/aromatic N) is 2. The Labute approximate surface area is 99.5 Å². The molecule has 16 heavy (non-hydrogen) atoms. The van der Waals surface area contributed by atoms with E-state index in [-0.39, 0.29) is 0 Å². The topological polar surface area (TPSA) is 37.8 Å². The normalized spacial score (nSPS) is 10.4. The molecule has 0 fully saturated rings. The molecule has 82 valence electrons. The van der Waals surface area contributed by atoms with Crippen molar-refractivity contribution in [1.82, 2.24) is 15.3 Å². The van der Waals surface area contributed by atoms with Gasteiger partial charge >= 0.3 is 0 Å². The van der Waals surface area contributed by atoms with E-state index in [4.69, 9.17) is 11.6 Å². The number of hydrogen-bond donors (Lipinski definition) is 1. The van der Waals surface area contributed by atoms with Crippen molar-refractivity contribution in [2.45, 2.75) is 6.54 Å². The predicted molar refractivity (Wildman–Crippen MR) is 65.2 cm³/mol. The Bertz CT molecular complexity index is 451. The Kier molecular flexibility index (Phi) is 3.49. The summed E-state index contributed by atoms with van der Waals surface area (Å²) in [6.07, 6.45) is 3.65. The summed E-state index contributed by atoms with van der Waals surface area (Å²) < 4.78 is 0. The number of nitrogens with one attached hydrogen (secondary N) is 1. The van der Waals surface area contributed by atoms with Gasteiger partial charge in [-0.15, -0.1) is 0 Å². The number of hydrogen-bond acceptors (Lipinski definition) is 3. The standard InChI is InChI=1S/C12H12ClN3/c1-14-6-9-7-15-12(16-8-9)10-2-4-11(13)5-3-10/h2-5,7-8,14H,6H2,1H3. The lowest BCUT2D eigenvalue weighted by atomic mass is 10.2. The van der Waals surface area contributed by atoms with Gasteiger partial charge in [0.1, 0.15) is 0 Å². The van der Waals surface area contributed by atoms with Gasteiger partial charge in [0.25, 0.3) is 0 Å². The molecule has 0 spiro atoms. The summed E-state index contributed by atoms with van der Waals surface area (Å²) in [5, 5.41) is 3.77. The van der Waals surface area contributed by atoms with Crippen molar-refractivity contribution >= 4 is 11.6 Å². The number of benzene rings is 1. The lowest BCUT2D eigenvalue weighted by Crippen LogP contribution is -2.06. The Morgan fingerprint density at radius 1 is 1.12 bits per heavy atom. The van der Waals surface area contributed by atoms with Gasteiger partial charge in [-0.1, -0.05) is 11.6 Å². The number of rotatable bonds is 3. The first-order valence-corrected chi connectivity index (χ1v) is 5.39. The summed E-state index contributed by atoms with van der Waals surface area (Å²) in [6, 6.07) is 7.49. The molecule has 0 bridgehead atoms. The van der Waals surface area contributed by atoms with Crippen molar-refractivity contribution in [1.29, 1.82) is 0 Å². The summed E-state index contributed by atoms with van der Waals surface area (Å²) in [7, 11) is 1.90. The molecule has 3 nitrogen and oxygen atoms in total. The van der Waals surface area contributed by atoms with E-state index in [0.717, 1.165) is 28.5 Å². The lowest BCUT2D eigenvalue weighted by molar-refractivity contribution is 0.807. The Hall–Kier alpha value is -1.45. The SMILES string of the molecule is CNCc1cnc(-c2ccc(Cl)cc2)nc1. The van der Waals surface area contributed by atoms with Crippen molar-refractivity contribution in [2.75, 3.05) is 7.05 Å². The third kappa shape index (κ3) is 2.56. The van der Waals surface area contributed by atoms with Crippen LogP contribution in [0.3, 0.4) is 0 Å². The van der Waals surface area contributed by atoms with E-state index < -0.39 is 0 Å². The molecular weight excluding hydrogens is 222 g/mol. The molecule has 1 heterocycles. The van der Waals surface area contributed by atoms with Crippen LogP contribution in [0, 0.1) is 0 Å². The first-order chi connectivity index (χ1) is 7.79. The molecule has 0 aliphatic heterocycles. The van der Waals surface area contributed by atoms with Gasteiger partial charge in [-0.25, -0.2) is 9.97 Å². The van der Waals surface area contributed by atoms with Crippen molar-refractivity contribution in [3.05, 3.63) is 47.2 Å². The molecule has 0 amide bonds. The Balaban J connectivity index is 2.24. The van der Waals surface area contributed by atoms with E-state index in [1.54, 1.807) is 0 Å². The smallest absolute Gasteiger partial charge is 0.159 e. The molecule has 4 heteroatoms. The van der Waals surface area contributed by atoms with Gasteiger partial charge in [-0.3, -0.25) is 0 Å². The molecule has 2 rings (SSSR count). The van der Waals surface area contributed by atoms with Crippen molar-refractivity contribution < 1.29 is 0 Å². The second-order valence-corrected chi connectivity index (χ2v) is 3.89. The fourth-order valence-electron chi connectivity index (χ4n) is 1.40. The van der Waals surface area contributed by atoms with Crippen LogP contribution in [0.4, 0.5) is 0 Å². The average Bonchev–Trinajstić information content (AvgIpc) is 2.32. The van der Waals surface area contributed by atoms with Gasteiger partial charge in [0.15, 0.2) is 5.82 Å². The molecule has 1 N–H and O–H groups in total. The maximum Gasteiger partial charge on any atom is 0.159 e. The van der Waals surface area contributed by atoms with Crippen molar-refractivity contribution in [3.63, 3.8) is 0 Å². The van der Waals surface area contributed by atoms with Crippen LogP contribution in [0.1, 0.15) is 5.56 Å². The van der Waals surface area contributed by atoms with Crippen molar-refractivity contribution in [2.24, 2.45) is 0 Å². The lowest BCUT2D eigenvalue weighted by Gasteiger charge is -2.02. The first kappa shape index (κ1) is 11.0. The summed E-state index contributed by atoms with van der Waals surface area (Å²) >= 11 is 5.82. The highest BCUT2D eigenvalue weighted by molar-refractivity contribution is 6.30. The van der Waals surface area contributed by atoms with Crippen LogP contribution in [-0.4, -0.2) is 17.0 Å². The number of halogens is 1. The molecule has 2 aromatic rings. The number of aromatic nitrogens is 2. The molecule has 0 saturated carbocycles. The fourth-order valence-corrected chi connectivity index (χ4v) is 1.52. The third-order valence-corrected chi connectivity index (χ3v) is 2.44. The van der Waals surface area contributed by atoms with E-state index >= 15 is 0 Å². The highest BCUT2D eigenvalue weighted by atomic mass is 35.5. The van der Waals surface area contributed by atoms with Crippen LogP contribution in [0.15, 0.2) is 36.7 Å². The summed E-state index contributed by atoms with van der Waals surface area (Å²) in [5.74, 6) is 0.719. The van der Waals surface area contributed by atoms with Gasteiger partial charge < -0.3 is 5.32 Å². The maximum absolute atomic E-state index is 5.82. The first-order valence-electron chi connectivity index (χ1n) is 5.01. The van der Waals surface area contributed by atoms with E-state index in [1.807, 2.05) is 43.7 Å². The molecule has 0 aliphatic carbocycles. The van der Waals surface area contributed by atoms with Crippen LogP contribution >= 0.6 is 11.6 Å². The molecular formula is C12H12ClN3. The fraction of sp³-hybridized carbons (Fsp3) is 0.167. The van der Waals surface area contributed by atoms with Gasteiger partial charge in [0.05, 0.1) is 0 Å². The predicted octanol–water partition coefficient (Wildman–Crippen LogP) is 2.52. The molecule has 0 unspecified atom stereocenters. The molecule has 1 aromatic carbocycles. The van der Waals surface area contributed by atoms with E-state index in [0.29, 0.717) is 0 Å². The summed E-state index contributed by atoms with van der Waals surface area (Å²) in [5.41, 5.74) is 2.04. The van der Waals surface area contributed by atoms with Crippen LogP contribution in [0.25, 0.3) is 11.4 Å². The minimum Gasteiger partial charge on any atom is -0.316 e. The Morgan fingerprint density at radius 2 is 1.75 bits per heavy atom. The minimum absolute atomic E-state index is 0.718. The molecule has 1 aromatic heterocycles. The van der Waals surface area contributed by atoms with E-state index in [2.05, 4.69) is 15.3 Å². The van der Waals surface area contributed by atoms with Gasteiger partial charge in [-0.2, -0.15) is 0 Å². The zero-order chi connectivity index (χ0) is 11.4. The van der Waals surface area contributed by atoms with Crippen LogP contribution in [0.2, 0.25) is 5.02 Å².